The van der Waals surface area contributed by atoms with Gasteiger partial charge in [-0.2, -0.15) is 4.31 Å². The predicted octanol–water partition coefficient (Wildman–Crippen LogP) is 5.15. The maximum Gasteiger partial charge on any atom is 0.343 e. The smallest absolute Gasteiger partial charge is 0.291 e. The molecule has 0 saturated heterocycles. The monoisotopic (exact) mass is 504 g/mol. The van der Waals surface area contributed by atoms with E-state index in [0.717, 1.165) is 19.2 Å². The number of benzene rings is 2. The van der Waals surface area contributed by atoms with Crippen molar-refractivity contribution < 1.29 is 18.0 Å². The second-order valence-corrected chi connectivity index (χ2v) is 11.2. The first-order valence-electron chi connectivity index (χ1n) is 9.01. The van der Waals surface area contributed by atoms with Crippen LogP contribution in [0.5, 0.6) is 0 Å². The third kappa shape index (κ3) is 3.57. The molecule has 9 heteroatoms. The van der Waals surface area contributed by atoms with Gasteiger partial charge in [-0.05, 0) is 77.3 Å². The lowest BCUT2D eigenvalue weighted by Gasteiger charge is -2.36. The van der Waals surface area contributed by atoms with Gasteiger partial charge in [-0.3, -0.25) is 9.69 Å². The fraction of sp³-hybridized carbons (Fsp3) is 0.143. The first-order valence-corrected chi connectivity index (χ1v) is 12.1. The number of hydrogen-bond acceptors (Lipinski definition) is 5. The number of halogens is 1. The van der Waals surface area contributed by atoms with Crippen LogP contribution in [-0.4, -0.2) is 26.8 Å². The third-order valence-corrected chi connectivity index (χ3v) is 8.08. The molecule has 0 aliphatic carbocycles. The van der Waals surface area contributed by atoms with Crippen molar-refractivity contribution in [3.05, 3.63) is 74.4 Å². The SMILES string of the molecule is Cc1cc(C)cc(N2C(=O)N(CC(=O)c3ccc(Br)s3)c3ccccc3S2(=O)=O)c1. The largest absolute Gasteiger partial charge is 0.343 e. The minimum absolute atomic E-state index is 0.0103. The van der Waals surface area contributed by atoms with E-state index in [2.05, 4.69) is 15.9 Å². The van der Waals surface area contributed by atoms with Crippen LogP contribution >= 0.6 is 27.3 Å². The molecule has 0 N–H and O–H groups in total. The zero-order valence-electron chi connectivity index (χ0n) is 16.1. The van der Waals surface area contributed by atoms with Crippen LogP contribution in [0.1, 0.15) is 20.8 Å². The molecule has 0 saturated carbocycles. The normalized spacial score (nSPS) is 15.2. The van der Waals surface area contributed by atoms with E-state index >= 15 is 0 Å². The van der Waals surface area contributed by atoms with E-state index in [-0.39, 0.29) is 28.6 Å². The highest BCUT2D eigenvalue weighted by atomic mass is 79.9. The number of ketones is 1. The van der Waals surface area contributed by atoms with Crippen molar-refractivity contribution >= 4 is 60.5 Å². The molecule has 2 heterocycles. The van der Waals surface area contributed by atoms with E-state index in [1.54, 1.807) is 42.5 Å². The summed E-state index contributed by atoms with van der Waals surface area (Å²) in [6.07, 6.45) is 0. The van der Waals surface area contributed by atoms with E-state index in [1.807, 2.05) is 19.9 Å². The Morgan fingerprint density at radius 1 is 1.03 bits per heavy atom. The van der Waals surface area contributed by atoms with Crippen LogP contribution in [0.15, 0.2) is 63.3 Å². The van der Waals surface area contributed by atoms with E-state index in [0.29, 0.717) is 4.88 Å². The van der Waals surface area contributed by atoms with Crippen molar-refractivity contribution in [3.63, 3.8) is 0 Å². The van der Waals surface area contributed by atoms with Crippen molar-refractivity contribution in [2.75, 3.05) is 15.7 Å². The minimum atomic E-state index is -4.12. The molecular weight excluding hydrogens is 488 g/mol. The molecule has 1 aromatic heterocycles. The van der Waals surface area contributed by atoms with Gasteiger partial charge >= 0.3 is 6.03 Å². The molecule has 1 aliphatic rings. The maximum atomic E-state index is 13.4. The first kappa shape index (κ1) is 20.8. The number of para-hydroxylation sites is 1. The highest BCUT2D eigenvalue weighted by Gasteiger charge is 2.43. The number of nitrogens with zero attached hydrogens (tertiary/aromatic N) is 2. The Bertz CT molecular complexity index is 1260. The minimum Gasteiger partial charge on any atom is -0.291 e. The molecule has 4 rings (SSSR count). The lowest BCUT2D eigenvalue weighted by molar-refractivity contribution is 0.100. The first-order chi connectivity index (χ1) is 14.2. The molecule has 0 fully saturated rings. The van der Waals surface area contributed by atoms with Crippen LogP contribution in [0.3, 0.4) is 0 Å². The summed E-state index contributed by atoms with van der Waals surface area (Å²) < 4.78 is 28.2. The highest BCUT2D eigenvalue weighted by Crippen LogP contribution is 2.38. The Morgan fingerprint density at radius 2 is 1.70 bits per heavy atom. The molecule has 6 nitrogen and oxygen atoms in total. The molecule has 154 valence electrons. The zero-order valence-corrected chi connectivity index (χ0v) is 19.3. The number of anilines is 2. The number of hydrogen-bond donors (Lipinski definition) is 0. The Morgan fingerprint density at radius 3 is 2.33 bits per heavy atom. The molecule has 0 unspecified atom stereocenters. The van der Waals surface area contributed by atoms with Gasteiger partial charge in [0.1, 0.15) is 4.90 Å². The molecule has 3 aromatic rings. The molecule has 2 aromatic carbocycles. The van der Waals surface area contributed by atoms with Crippen LogP contribution in [-0.2, 0) is 10.0 Å². The fourth-order valence-corrected chi connectivity index (χ4v) is 6.36. The molecular formula is C21H17BrN2O4S2. The molecule has 30 heavy (non-hydrogen) atoms. The Balaban J connectivity index is 1.84. The third-order valence-electron chi connectivity index (χ3n) is 4.67. The van der Waals surface area contributed by atoms with Crippen LogP contribution in [0.25, 0.3) is 0 Å². The average Bonchev–Trinajstić information content (AvgIpc) is 3.11. The quantitative estimate of drug-likeness (QED) is 0.460. The van der Waals surface area contributed by atoms with Crippen molar-refractivity contribution in [3.8, 4) is 0 Å². The molecule has 0 spiro atoms. The van der Waals surface area contributed by atoms with Crippen molar-refractivity contribution in [2.24, 2.45) is 0 Å². The maximum absolute atomic E-state index is 13.4. The van der Waals surface area contributed by atoms with Crippen molar-refractivity contribution in [1.82, 2.24) is 0 Å². The number of fused-ring (bicyclic) bond motifs is 1. The number of urea groups is 1. The van der Waals surface area contributed by atoms with Gasteiger partial charge in [0, 0.05) is 0 Å². The number of amides is 2. The summed E-state index contributed by atoms with van der Waals surface area (Å²) in [4.78, 5) is 27.9. The molecule has 1 aliphatic heterocycles. The van der Waals surface area contributed by atoms with Gasteiger partial charge in [-0.15, -0.1) is 11.3 Å². The molecule has 0 radical (unpaired) electrons. The van der Waals surface area contributed by atoms with Crippen LogP contribution in [0, 0.1) is 13.8 Å². The molecule has 2 amide bonds. The summed E-state index contributed by atoms with van der Waals surface area (Å²) in [5.41, 5.74) is 2.12. The summed E-state index contributed by atoms with van der Waals surface area (Å²) in [7, 11) is -4.12. The van der Waals surface area contributed by atoms with Gasteiger partial charge in [-0.25, -0.2) is 13.2 Å². The van der Waals surface area contributed by atoms with Gasteiger partial charge < -0.3 is 0 Å². The lowest BCUT2D eigenvalue weighted by atomic mass is 10.1. The van der Waals surface area contributed by atoms with E-state index in [9.17, 15) is 18.0 Å². The van der Waals surface area contributed by atoms with E-state index < -0.39 is 16.1 Å². The van der Waals surface area contributed by atoms with Crippen LogP contribution in [0.2, 0.25) is 0 Å². The summed E-state index contributed by atoms with van der Waals surface area (Å²) in [5.74, 6) is -0.270. The van der Waals surface area contributed by atoms with Crippen molar-refractivity contribution in [2.45, 2.75) is 18.7 Å². The summed E-state index contributed by atoms with van der Waals surface area (Å²) in [6.45, 7) is 3.41. The second-order valence-electron chi connectivity index (χ2n) is 6.98. The highest BCUT2D eigenvalue weighted by molar-refractivity contribution is 9.11. The average molecular weight is 505 g/mol. The number of sulfonamides is 1. The standard InChI is InChI=1S/C21H17BrN2O4S2/c1-13-9-14(2)11-15(10-13)24-21(26)23(12-17(25)18-7-8-20(22)29-18)16-5-3-4-6-19(16)30(24,27)28/h3-11H,12H2,1-2H3. The number of carbonyl (C=O) groups excluding carboxylic acids is 2. The second kappa shape index (κ2) is 7.64. The number of rotatable bonds is 4. The van der Waals surface area contributed by atoms with Gasteiger partial charge in [-0.1, -0.05) is 18.2 Å². The summed E-state index contributed by atoms with van der Waals surface area (Å²) >= 11 is 4.60. The number of aryl methyl sites for hydroxylation is 2. The van der Waals surface area contributed by atoms with E-state index in [1.165, 1.54) is 22.3 Å². The zero-order chi connectivity index (χ0) is 21.6. The summed E-state index contributed by atoms with van der Waals surface area (Å²) in [5, 5.41) is 0. The van der Waals surface area contributed by atoms with Gasteiger partial charge in [0.15, 0.2) is 5.78 Å². The molecule has 0 atom stereocenters. The van der Waals surface area contributed by atoms with Crippen molar-refractivity contribution in [1.29, 1.82) is 0 Å². The Hall–Kier alpha value is -2.49. The lowest BCUT2D eigenvalue weighted by Crippen LogP contribution is -2.52. The molecule has 0 bridgehead atoms. The Kier molecular flexibility index (Phi) is 5.29. The van der Waals surface area contributed by atoms with E-state index in [4.69, 9.17) is 0 Å². The topological polar surface area (TPSA) is 74.8 Å². The predicted molar refractivity (Wildman–Crippen MR) is 121 cm³/mol. The Labute approximate surface area is 186 Å². The number of carbonyl (C=O) groups is 2. The summed E-state index contributed by atoms with van der Waals surface area (Å²) in [6, 6.07) is 14.1. The number of Topliss-reactive ketones (excluding diaryl/α,β-unsaturated/α-hetero) is 1. The van der Waals surface area contributed by atoms with Gasteiger partial charge in [0.2, 0.25) is 0 Å². The fourth-order valence-electron chi connectivity index (χ4n) is 3.47. The van der Waals surface area contributed by atoms with Crippen LogP contribution < -0.4 is 9.21 Å². The van der Waals surface area contributed by atoms with Crippen LogP contribution in [0.4, 0.5) is 16.2 Å². The number of thiophene rings is 1. The van der Waals surface area contributed by atoms with Gasteiger partial charge in [0.25, 0.3) is 10.0 Å². The van der Waals surface area contributed by atoms with Gasteiger partial charge in [0.05, 0.1) is 26.6 Å².